The molecule has 0 aliphatic carbocycles. The standard InChI is InChI=1S/C21H31ClN4O2/c1-16-6-5-7-17(2)26(16)21(28)15-25-12-10-24(11-13-25)14-20(27)23-19-9-4-3-8-18(19)22/h3-4,8-9,16-17H,5-7,10-15H2,1-2H3,(H,23,27)/p+2/t16-,17+. The van der Waals surface area contributed by atoms with Crippen LogP contribution in [0, 0.1) is 0 Å². The summed E-state index contributed by atoms with van der Waals surface area (Å²) >= 11 is 6.10. The normalized spacial score (nSPS) is 28.0. The molecule has 2 atom stereocenters. The largest absolute Gasteiger partial charge is 0.332 e. The number of piperazine rings is 1. The molecule has 2 aliphatic rings. The first-order valence-corrected chi connectivity index (χ1v) is 10.8. The molecule has 0 spiro atoms. The van der Waals surface area contributed by atoms with Gasteiger partial charge in [0.25, 0.3) is 11.8 Å². The quantitative estimate of drug-likeness (QED) is 0.634. The Hall–Kier alpha value is -1.63. The third kappa shape index (κ3) is 5.46. The molecular formula is C21H33ClN4O2+2. The van der Waals surface area contributed by atoms with Gasteiger partial charge in [-0.15, -0.1) is 0 Å². The van der Waals surface area contributed by atoms with Crippen molar-refractivity contribution < 1.29 is 19.4 Å². The van der Waals surface area contributed by atoms with Gasteiger partial charge in [0.15, 0.2) is 13.1 Å². The minimum absolute atomic E-state index is 0.0152. The van der Waals surface area contributed by atoms with Crippen molar-refractivity contribution in [1.82, 2.24) is 4.90 Å². The van der Waals surface area contributed by atoms with Crippen LogP contribution in [-0.2, 0) is 9.59 Å². The highest BCUT2D eigenvalue weighted by molar-refractivity contribution is 6.33. The summed E-state index contributed by atoms with van der Waals surface area (Å²) in [7, 11) is 0. The molecular weight excluding hydrogens is 376 g/mol. The molecule has 2 fully saturated rings. The number of hydrogen-bond acceptors (Lipinski definition) is 2. The predicted octanol–water partition coefficient (Wildman–Crippen LogP) is -0.149. The summed E-state index contributed by atoms with van der Waals surface area (Å²) in [6.07, 6.45) is 3.45. The number of amides is 2. The molecule has 0 aromatic heterocycles. The van der Waals surface area contributed by atoms with Crippen LogP contribution in [0.5, 0.6) is 0 Å². The Morgan fingerprint density at radius 3 is 2.21 bits per heavy atom. The molecule has 2 heterocycles. The number of carbonyl (C=O) groups is 2. The van der Waals surface area contributed by atoms with Crippen molar-refractivity contribution >= 4 is 29.1 Å². The van der Waals surface area contributed by atoms with Gasteiger partial charge >= 0.3 is 0 Å². The van der Waals surface area contributed by atoms with Gasteiger partial charge in [-0.3, -0.25) is 9.59 Å². The summed E-state index contributed by atoms with van der Waals surface area (Å²) in [5, 5.41) is 3.45. The molecule has 3 rings (SSSR count). The second-order valence-corrected chi connectivity index (χ2v) is 8.72. The Bertz CT molecular complexity index is 681. The lowest BCUT2D eigenvalue weighted by Crippen LogP contribution is -3.28. The minimum Gasteiger partial charge on any atom is -0.332 e. The zero-order chi connectivity index (χ0) is 20.1. The van der Waals surface area contributed by atoms with E-state index in [-0.39, 0.29) is 11.8 Å². The molecule has 1 aromatic carbocycles. The Morgan fingerprint density at radius 2 is 1.61 bits per heavy atom. The average Bonchev–Trinajstić information content (AvgIpc) is 2.65. The van der Waals surface area contributed by atoms with E-state index in [0.717, 1.165) is 39.0 Å². The topological polar surface area (TPSA) is 58.3 Å². The van der Waals surface area contributed by atoms with E-state index < -0.39 is 0 Å². The van der Waals surface area contributed by atoms with Crippen LogP contribution in [0.1, 0.15) is 33.1 Å². The lowest BCUT2D eigenvalue weighted by atomic mass is 9.97. The molecule has 7 heteroatoms. The molecule has 6 nitrogen and oxygen atoms in total. The van der Waals surface area contributed by atoms with Gasteiger partial charge < -0.3 is 20.0 Å². The van der Waals surface area contributed by atoms with E-state index >= 15 is 0 Å². The van der Waals surface area contributed by atoms with E-state index in [4.69, 9.17) is 11.6 Å². The number of benzene rings is 1. The number of halogens is 1. The predicted molar refractivity (Wildman–Crippen MR) is 111 cm³/mol. The fraction of sp³-hybridized carbons (Fsp3) is 0.619. The average molecular weight is 409 g/mol. The molecule has 28 heavy (non-hydrogen) atoms. The number of hydrogen-bond donors (Lipinski definition) is 3. The number of nitrogens with one attached hydrogen (secondary N) is 3. The number of piperidine rings is 1. The van der Waals surface area contributed by atoms with E-state index in [1.54, 1.807) is 6.07 Å². The van der Waals surface area contributed by atoms with Crippen LogP contribution < -0.4 is 15.1 Å². The number of anilines is 1. The maximum atomic E-state index is 12.8. The smallest absolute Gasteiger partial charge is 0.279 e. The van der Waals surface area contributed by atoms with Crippen LogP contribution in [0.3, 0.4) is 0 Å². The van der Waals surface area contributed by atoms with E-state index in [1.165, 1.54) is 16.2 Å². The lowest BCUT2D eigenvalue weighted by Gasteiger charge is -2.39. The second kappa shape index (κ2) is 9.72. The van der Waals surface area contributed by atoms with E-state index in [1.807, 2.05) is 18.2 Å². The number of likely N-dealkylation sites (tertiary alicyclic amines) is 1. The summed E-state index contributed by atoms with van der Waals surface area (Å²) in [6, 6.07) is 8.00. The maximum absolute atomic E-state index is 12.8. The number of para-hydroxylation sites is 1. The van der Waals surface area contributed by atoms with Gasteiger partial charge in [-0.1, -0.05) is 23.7 Å². The van der Waals surface area contributed by atoms with Gasteiger partial charge in [-0.05, 0) is 45.2 Å². The summed E-state index contributed by atoms with van der Waals surface area (Å²) < 4.78 is 0. The molecule has 2 aliphatic heterocycles. The Morgan fingerprint density at radius 1 is 1.04 bits per heavy atom. The van der Waals surface area contributed by atoms with Gasteiger partial charge in [-0.25, -0.2) is 0 Å². The number of carbonyl (C=O) groups excluding carboxylic acids is 2. The molecule has 2 saturated heterocycles. The van der Waals surface area contributed by atoms with Crippen LogP contribution >= 0.6 is 11.6 Å². The van der Waals surface area contributed by atoms with Crippen LogP contribution in [0.25, 0.3) is 0 Å². The fourth-order valence-corrected chi connectivity index (χ4v) is 4.70. The Balaban J connectivity index is 1.42. The van der Waals surface area contributed by atoms with Crippen molar-refractivity contribution in [2.24, 2.45) is 0 Å². The Labute approximate surface area is 172 Å². The van der Waals surface area contributed by atoms with E-state index in [0.29, 0.717) is 35.9 Å². The van der Waals surface area contributed by atoms with Gasteiger partial charge in [0.05, 0.1) is 10.7 Å². The Kier molecular flexibility index (Phi) is 7.32. The van der Waals surface area contributed by atoms with Crippen molar-refractivity contribution in [3.63, 3.8) is 0 Å². The summed E-state index contributed by atoms with van der Waals surface area (Å²) in [5.41, 5.74) is 0.660. The molecule has 1 aromatic rings. The summed E-state index contributed by atoms with van der Waals surface area (Å²) in [5.74, 6) is 0.271. The highest BCUT2D eigenvalue weighted by atomic mass is 35.5. The first kappa shape index (κ1) is 21.1. The van der Waals surface area contributed by atoms with Crippen LogP contribution in [0.2, 0.25) is 5.02 Å². The zero-order valence-electron chi connectivity index (χ0n) is 17.0. The lowest BCUT2D eigenvalue weighted by molar-refractivity contribution is -1.00. The second-order valence-electron chi connectivity index (χ2n) is 8.31. The molecule has 0 saturated carbocycles. The number of quaternary nitrogens is 2. The molecule has 0 unspecified atom stereocenters. The van der Waals surface area contributed by atoms with Crippen molar-refractivity contribution in [3.05, 3.63) is 29.3 Å². The van der Waals surface area contributed by atoms with E-state index in [2.05, 4.69) is 24.1 Å². The maximum Gasteiger partial charge on any atom is 0.279 e. The van der Waals surface area contributed by atoms with Crippen molar-refractivity contribution in [2.45, 2.75) is 45.2 Å². The van der Waals surface area contributed by atoms with Gasteiger partial charge in [0, 0.05) is 12.1 Å². The minimum atomic E-state index is -0.0152. The summed E-state index contributed by atoms with van der Waals surface area (Å²) in [6.45, 7) is 9.02. The van der Waals surface area contributed by atoms with Crippen molar-refractivity contribution in [3.8, 4) is 0 Å². The molecule has 2 amide bonds. The van der Waals surface area contributed by atoms with Gasteiger partial charge in [-0.2, -0.15) is 0 Å². The number of rotatable bonds is 5. The molecule has 0 radical (unpaired) electrons. The molecule has 3 N–H and O–H groups in total. The zero-order valence-corrected chi connectivity index (χ0v) is 17.7. The molecule has 0 bridgehead atoms. The first-order valence-electron chi connectivity index (χ1n) is 10.5. The van der Waals surface area contributed by atoms with Gasteiger partial charge in [0.2, 0.25) is 0 Å². The molecule has 154 valence electrons. The van der Waals surface area contributed by atoms with E-state index in [9.17, 15) is 9.59 Å². The van der Waals surface area contributed by atoms with Crippen molar-refractivity contribution in [1.29, 1.82) is 0 Å². The monoisotopic (exact) mass is 408 g/mol. The van der Waals surface area contributed by atoms with Crippen molar-refractivity contribution in [2.75, 3.05) is 44.6 Å². The van der Waals surface area contributed by atoms with Crippen LogP contribution in [-0.4, -0.2) is 68.1 Å². The third-order valence-electron chi connectivity index (χ3n) is 6.11. The SMILES string of the molecule is C[C@@H]1CCC[C@H](C)N1C(=O)C[NH+]1CC[NH+](CC(=O)Nc2ccccc2Cl)CC1. The number of nitrogens with zero attached hydrogens (tertiary/aromatic N) is 1. The third-order valence-corrected chi connectivity index (χ3v) is 6.44. The van der Waals surface area contributed by atoms with Crippen LogP contribution in [0.4, 0.5) is 5.69 Å². The van der Waals surface area contributed by atoms with Gasteiger partial charge in [0.1, 0.15) is 26.2 Å². The van der Waals surface area contributed by atoms with Crippen LogP contribution in [0.15, 0.2) is 24.3 Å². The highest BCUT2D eigenvalue weighted by Gasteiger charge is 2.33. The highest BCUT2D eigenvalue weighted by Crippen LogP contribution is 2.22. The first-order chi connectivity index (χ1) is 13.4. The fourth-order valence-electron chi connectivity index (χ4n) is 4.51. The summed E-state index contributed by atoms with van der Waals surface area (Å²) in [4.78, 5) is 29.8.